The molecule has 0 N–H and O–H groups in total. The number of ether oxygens (including phenoxy) is 2. The van der Waals surface area contributed by atoms with Gasteiger partial charge in [0.25, 0.3) is 0 Å². The molecule has 0 saturated carbocycles. The monoisotopic (exact) mass is 390 g/mol. The average molecular weight is 390 g/mol. The number of piperidine rings is 3. The standard InChI is InChI=1S/C20H23FN2O3S/c1-25-18-3-2-16(10-17(18)21)23(11-14-6-9-27-13-14)20(24)26-19-12-22-7-4-15(19)5-8-22/h2-3,6,9-10,13,15,19H,4-5,7-8,11-12H2,1H3/t19-/m0/s1. The van der Waals surface area contributed by atoms with Gasteiger partial charge in [-0.3, -0.25) is 9.80 Å². The van der Waals surface area contributed by atoms with Crippen LogP contribution in [-0.2, 0) is 11.3 Å². The van der Waals surface area contributed by atoms with E-state index in [1.165, 1.54) is 24.1 Å². The van der Waals surface area contributed by atoms with Crippen molar-refractivity contribution in [2.24, 2.45) is 5.92 Å². The van der Waals surface area contributed by atoms with Gasteiger partial charge in [-0.2, -0.15) is 11.3 Å². The number of benzene rings is 1. The Balaban J connectivity index is 1.55. The molecule has 0 unspecified atom stereocenters. The molecule has 3 aliphatic rings. The third-order valence-corrected chi connectivity index (χ3v) is 6.17. The minimum absolute atomic E-state index is 0.0897. The second-order valence-electron chi connectivity index (χ2n) is 7.10. The number of thiophene rings is 1. The van der Waals surface area contributed by atoms with Crippen molar-refractivity contribution < 1.29 is 18.7 Å². The van der Waals surface area contributed by atoms with E-state index in [0.29, 0.717) is 18.2 Å². The zero-order chi connectivity index (χ0) is 18.8. The molecule has 2 aromatic rings. The first kappa shape index (κ1) is 18.3. The lowest BCUT2D eigenvalue weighted by atomic mass is 9.86. The second-order valence-corrected chi connectivity index (χ2v) is 7.88. The maximum Gasteiger partial charge on any atom is 0.414 e. The highest BCUT2D eigenvalue weighted by atomic mass is 32.1. The number of methoxy groups -OCH3 is 1. The number of anilines is 1. The summed E-state index contributed by atoms with van der Waals surface area (Å²) >= 11 is 1.56. The van der Waals surface area contributed by atoms with Crippen molar-refractivity contribution in [3.63, 3.8) is 0 Å². The van der Waals surface area contributed by atoms with Gasteiger partial charge in [-0.15, -0.1) is 0 Å². The van der Waals surface area contributed by atoms with Crippen molar-refractivity contribution in [3.05, 3.63) is 46.4 Å². The normalized spacial score (nSPS) is 23.9. The van der Waals surface area contributed by atoms with E-state index in [1.54, 1.807) is 17.4 Å². The molecule has 3 saturated heterocycles. The molecule has 4 heterocycles. The van der Waals surface area contributed by atoms with Crippen molar-refractivity contribution in [2.75, 3.05) is 31.6 Å². The topological polar surface area (TPSA) is 42.0 Å². The van der Waals surface area contributed by atoms with Gasteiger partial charge in [0, 0.05) is 12.6 Å². The lowest BCUT2D eigenvalue weighted by molar-refractivity contribution is -0.0311. The Labute approximate surface area is 162 Å². The van der Waals surface area contributed by atoms with Gasteiger partial charge in [0.15, 0.2) is 11.6 Å². The number of amides is 1. The Bertz CT molecular complexity index is 791. The minimum Gasteiger partial charge on any atom is -0.494 e. The van der Waals surface area contributed by atoms with Crippen molar-refractivity contribution in [3.8, 4) is 5.75 Å². The van der Waals surface area contributed by atoms with E-state index in [-0.39, 0.29) is 11.9 Å². The zero-order valence-electron chi connectivity index (χ0n) is 15.3. The predicted octanol–water partition coefficient (Wildman–Crippen LogP) is 4.13. The predicted molar refractivity (Wildman–Crippen MR) is 103 cm³/mol. The molecular formula is C20H23FN2O3S. The van der Waals surface area contributed by atoms with Crippen LogP contribution in [0, 0.1) is 11.7 Å². The largest absolute Gasteiger partial charge is 0.494 e. The van der Waals surface area contributed by atoms with Crippen LogP contribution >= 0.6 is 11.3 Å². The third-order valence-electron chi connectivity index (χ3n) is 5.44. The van der Waals surface area contributed by atoms with Crippen molar-refractivity contribution in [2.45, 2.75) is 25.5 Å². The molecule has 3 fully saturated rings. The van der Waals surface area contributed by atoms with Crippen LogP contribution < -0.4 is 9.64 Å². The molecule has 5 nitrogen and oxygen atoms in total. The molecule has 2 bridgehead atoms. The number of carbonyl (C=O) groups excluding carboxylic acids is 1. The SMILES string of the molecule is COc1ccc(N(Cc2ccsc2)C(=O)O[C@H]2CN3CCC2CC3)cc1F. The van der Waals surface area contributed by atoms with E-state index in [4.69, 9.17) is 9.47 Å². The molecule has 144 valence electrons. The van der Waals surface area contributed by atoms with Gasteiger partial charge in [0.2, 0.25) is 0 Å². The first-order valence-corrected chi connectivity index (χ1v) is 10.1. The molecule has 0 spiro atoms. The van der Waals surface area contributed by atoms with E-state index >= 15 is 0 Å². The molecule has 1 aromatic heterocycles. The van der Waals surface area contributed by atoms with Gasteiger partial charge in [-0.05, 0) is 66.4 Å². The summed E-state index contributed by atoms with van der Waals surface area (Å²) < 4.78 is 25.1. The van der Waals surface area contributed by atoms with Crippen molar-refractivity contribution in [1.82, 2.24) is 4.90 Å². The van der Waals surface area contributed by atoms with Crippen LogP contribution in [0.25, 0.3) is 0 Å². The quantitative estimate of drug-likeness (QED) is 0.770. The van der Waals surface area contributed by atoms with Gasteiger partial charge >= 0.3 is 6.09 Å². The molecule has 27 heavy (non-hydrogen) atoms. The van der Waals surface area contributed by atoms with Crippen LogP contribution in [0.1, 0.15) is 18.4 Å². The maximum atomic E-state index is 14.2. The highest BCUT2D eigenvalue weighted by molar-refractivity contribution is 7.07. The van der Waals surface area contributed by atoms with Crippen LogP contribution in [0.15, 0.2) is 35.0 Å². The number of hydrogen-bond acceptors (Lipinski definition) is 5. The van der Waals surface area contributed by atoms with Crippen molar-refractivity contribution in [1.29, 1.82) is 0 Å². The fraction of sp³-hybridized carbons (Fsp3) is 0.450. The van der Waals surface area contributed by atoms with E-state index in [0.717, 1.165) is 38.0 Å². The highest BCUT2D eigenvalue weighted by Gasteiger charge is 2.37. The number of nitrogens with zero attached hydrogens (tertiary/aromatic N) is 2. The molecule has 5 rings (SSSR count). The lowest BCUT2D eigenvalue weighted by Gasteiger charge is -2.44. The Morgan fingerprint density at radius 3 is 2.74 bits per heavy atom. The highest BCUT2D eigenvalue weighted by Crippen LogP contribution is 2.31. The van der Waals surface area contributed by atoms with Crippen LogP contribution in [0.5, 0.6) is 5.75 Å². The summed E-state index contributed by atoms with van der Waals surface area (Å²) in [5.41, 5.74) is 1.45. The first-order chi connectivity index (χ1) is 13.1. The molecule has 7 heteroatoms. The molecule has 1 atom stereocenters. The Kier molecular flexibility index (Phi) is 5.31. The van der Waals surface area contributed by atoms with Gasteiger partial charge in [0.1, 0.15) is 6.10 Å². The van der Waals surface area contributed by atoms with E-state index in [2.05, 4.69) is 4.90 Å². The van der Waals surface area contributed by atoms with Gasteiger partial charge in [-0.1, -0.05) is 0 Å². The second kappa shape index (κ2) is 7.86. The van der Waals surface area contributed by atoms with E-state index in [9.17, 15) is 9.18 Å². The van der Waals surface area contributed by atoms with Gasteiger partial charge in [-0.25, -0.2) is 9.18 Å². The Morgan fingerprint density at radius 2 is 2.15 bits per heavy atom. The fourth-order valence-electron chi connectivity index (χ4n) is 3.89. The lowest BCUT2D eigenvalue weighted by Crippen LogP contribution is -2.53. The molecule has 3 aliphatic heterocycles. The molecular weight excluding hydrogens is 367 g/mol. The summed E-state index contributed by atoms with van der Waals surface area (Å²) in [4.78, 5) is 16.9. The summed E-state index contributed by atoms with van der Waals surface area (Å²) in [6.07, 6.45) is 1.62. The van der Waals surface area contributed by atoms with Crippen LogP contribution in [0.4, 0.5) is 14.9 Å². The molecule has 0 radical (unpaired) electrons. The van der Waals surface area contributed by atoms with Crippen LogP contribution in [0.3, 0.4) is 0 Å². The number of hydrogen-bond donors (Lipinski definition) is 0. The molecule has 0 aliphatic carbocycles. The number of halogens is 1. The fourth-order valence-corrected chi connectivity index (χ4v) is 4.55. The van der Waals surface area contributed by atoms with Crippen LogP contribution in [0.2, 0.25) is 0 Å². The summed E-state index contributed by atoms with van der Waals surface area (Å²) in [5, 5.41) is 3.94. The summed E-state index contributed by atoms with van der Waals surface area (Å²) in [6.45, 7) is 3.30. The summed E-state index contributed by atoms with van der Waals surface area (Å²) in [6, 6.07) is 6.50. The minimum atomic E-state index is -0.499. The Hall–Kier alpha value is -2.12. The number of rotatable bonds is 5. The third kappa shape index (κ3) is 3.94. The molecule has 1 aromatic carbocycles. The number of fused-ring (bicyclic) bond motifs is 3. The molecule has 1 amide bonds. The van der Waals surface area contributed by atoms with E-state index in [1.807, 2.05) is 16.8 Å². The Morgan fingerprint density at radius 1 is 1.33 bits per heavy atom. The summed E-state index contributed by atoms with van der Waals surface area (Å²) in [5.74, 6) is 0.0792. The zero-order valence-corrected chi connectivity index (χ0v) is 16.1. The number of carbonyl (C=O) groups is 1. The summed E-state index contributed by atoms with van der Waals surface area (Å²) in [7, 11) is 1.42. The first-order valence-electron chi connectivity index (χ1n) is 9.19. The smallest absolute Gasteiger partial charge is 0.414 e. The van der Waals surface area contributed by atoms with Crippen LogP contribution in [-0.4, -0.2) is 43.8 Å². The maximum absolute atomic E-state index is 14.2. The van der Waals surface area contributed by atoms with Gasteiger partial charge in [0.05, 0.1) is 19.3 Å². The van der Waals surface area contributed by atoms with E-state index < -0.39 is 11.9 Å². The van der Waals surface area contributed by atoms with Crippen molar-refractivity contribution >= 4 is 23.1 Å². The average Bonchev–Trinajstić information content (AvgIpc) is 3.20. The van der Waals surface area contributed by atoms with Gasteiger partial charge < -0.3 is 9.47 Å².